The summed E-state index contributed by atoms with van der Waals surface area (Å²) in [6.07, 6.45) is 10.3. The fourth-order valence-electron chi connectivity index (χ4n) is 3.87. The van der Waals surface area contributed by atoms with Gasteiger partial charge in [-0.05, 0) is 62.9 Å². The summed E-state index contributed by atoms with van der Waals surface area (Å²) in [5.41, 5.74) is 1.20. The predicted molar refractivity (Wildman–Crippen MR) is 118 cm³/mol. The summed E-state index contributed by atoms with van der Waals surface area (Å²) in [4.78, 5) is 31.1. The summed E-state index contributed by atoms with van der Waals surface area (Å²) in [7, 11) is 0. The maximum absolute atomic E-state index is 12.4. The molecule has 7 nitrogen and oxygen atoms in total. The molecule has 7 heteroatoms. The van der Waals surface area contributed by atoms with Crippen molar-refractivity contribution in [3.05, 3.63) is 48.5 Å². The molecule has 1 aliphatic rings. The van der Waals surface area contributed by atoms with E-state index in [9.17, 15) is 9.59 Å². The number of imidazole rings is 1. The lowest BCUT2D eigenvalue weighted by Crippen LogP contribution is -2.35. The summed E-state index contributed by atoms with van der Waals surface area (Å²) in [5.74, 6) is 0.613. The molecule has 2 N–H and O–H groups in total. The Morgan fingerprint density at radius 1 is 1.23 bits per heavy atom. The van der Waals surface area contributed by atoms with Gasteiger partial charge in [-0.2, -0.15) is 0 Å². The van der Waals surface area contributed by atoms with Gasteiger partial charge in [0.25, 0.3) is 5.91 Å². The molecular formula is C23H33N5O2. The van der Waals surface area contributed by atoms with Crippen molar-refractivity contribution in [1.82, 2.24) is 19.8 Å². The van der Waals surface area contributed by atoms with Crippen molar-refractivity contribution in [2.75, 3.05) is 31.5 Å². The fourth-order valence-corrected chi connectivity index (χ4v) is 3.87. The minimum atomic E-state index is -0.101. The third-order valence-electron chi connectivity index (χ3n) is 5.49. The molecule has 0 saturated carbocycles. The molecule has 1 saturated heterocycles. The largest absolute Gasteiger partial charge is 0.352 e. The summed E-state index contributed by atoms with van der Waals surface area (Å²) >= 11 is 0. The van der Waals surface area contributed by atoms with Crippen LogP contribution in [0, 0.1) is 5.92 Å². The molecular weight excluding hydrogens is 378 g/mol. The van der Waals surface area contributed by atoms with Crippen LogP contribution >= 0.6 is 0 Å². The average molecular weight is 412 g/mol. The number of aryl methyl sites for hydroxylation is 1. The van der Waals surface area contributed by atoms with E-state index >= 15 is 0 Å². The third kappa shape index (κ3) is 7.30. The van der Waals surface area contributed by atoms with E-state index in [0.717, 1.165) is 25.3 Å². The molecule has 1 aromatic carbocycles. The minimum Gasteiger partial charge on any atom is -0.352 e. The zero-order valence-electron chi connectivity index (χ0n) is 17.8. The molecule has 2 heterocycles. The van der Waals surface area contributed by atoms with E-state index in [-0.39, 0.29) is 11.8 Å². The van der Waals surface area contributed by atoms with Crippen molar-refractivity contribution < 1.29 is 9.59 Å². The first-order valence-corrected chi connectivity index (χ1v) is 11.0. The lowest BCUT2D eigenvalue weighted by Gasteiger charge is -2.30. The van der Waals surface area contributed by atoms with Crippen LogP contribution in [-0.2, 0) is 11.3 Å². The molecule has 30 heavy (non-hydrogen) atoms. The van der Waals surface area contributed by atoms with E-state index in [1.54, 1.807) is 36.8 Å². The van der Waals surface area contributed by atoms with Gasteiger partial charge in [-0.15, -0.1) is 0 Å². The molecule has 1 aliphatic heterocycles. The molecule has 2 aromatic rings. The molecule has 1 unspecified atom stereocenters. The molecule has 0 aliphatic carbocycles. The Balaban J connectivity index is 1.35. The Labute approximate surface area is 178 Å². The highest BCUT2D eigenvalue weighted by molar-refractivity contribution is 5.97. The lowest BCUT2D eigenvalue weighted by molar-refractivity contribution is -0.116. The van der Waals surface area contributed by atoms with E-state index in [1.165, 1.54) is 25.9 Å². The van der Waals surface area contributed by atoms with Crippen molar-refractivity contribution >= 4 is 17.5 Å². The zero-order valence-corrected chi connectivity index (χ0v) is 17.8. The number of hydrogen-bond donors (Lipinski definition) is 2. The Kier molecular flexibility index (Phi) is 8.44. The van der Waals surface area contributed by atoms with Gasteiger partial charge in [0.05, 0.1) is 6.33 Å². The van der Waals surface area contributed by atoms with E-state index in [0.29, 0.717) is 30.8 Å². The Morgan fingerprint density at radius 3 is 2.93 bits per heavy atom. The number of nitrogens with zero attached hydrogens (tertiary/aromatic N) is 3. The van der Waals surface area contributed by atoms with Crippen LogP contribution in [0.25, 0.3) is 0 Å². The van der Waals surface area contributed by atoms with Crippen molar-refractivity contribution in [1.29, 1.82) is 0 Å². The number of aromatic nitrogens is 2. The second-order valence-corrected chi connectivity index (χ2v) is 8.19. The number of hydrogen-bond acceptors (Lipinski definition) is 4. The van der Waals surface area contributed by atoms with Crippen molar-refractivity contribution in [3.63, 3.8) is 0 Å². The van der Waals surface area contributed by atoms with Crippen LogP contribution in [0.1, 0.15) is 49.4 Å². The second-order valence-electron chi connectivity index (χ2n) is 8.19. The summed E-state index contributed by atoms with van der Waals surface area (Å²) in [5, 5.41) is 5.85. The highest BCUT2D eigenvalue weighted by atomic mass is 16.2. The average Bonchev–Trinajstić information content (AvgIpc) is 3.26. The van der Waals surface area contributed by atoms with Gasteiger partial charge in [0.15, 0.2) is 0 Å². The first-order valence-electron chi connectivity index (χ1n) is 11.0. The zero-order chi connectivity index (χ0) is 21.2. The fraction of sp³-hybridized carbons (Fsp3) is 0.522. The van der Waals surface area contributed by atoms with Gasteiger partial charge < -0.3 is 20.1 Å². The maximum atomic E-state index is 12.4. The van der Waals surface area contributed by atoms with Crippen LogP contribution in [0.5, 0.6) is 0 Å². The normalized spacial score (nSPS) is 16.9. The van der Waals surface area contributed by atoms with Gasteiger partial charge in [0, 0.05) is 49.7 Å². The molecule has 0 radical (unpaired) electrons. The predicted octanol–water partition coefficient (Wildman–Crippen LogP) is 3.15. The number of unbranched alkanes of at least 4 members (excludes halogenated alkanes) is 1. The van der Waals surface area contributed by atoms with Gasteiger partial charge in [-0.25, -0.2) is 4.98 Å². The van der Waals surface area contributed by atoms with Gasteiger partial charge in [-0.1, -0.05) is 13.0 Å². The quantitative estimate of drug-likeness (QED) is 0.589. The van der Waals surface area contributed by atoms with Crippen molar-refractivity contribution in [2.45, 2.75) is 45.6 Å². The number of carbonyl (C=O) groups excluding carboxylic acids is 2. The van der Waals surface area contributed by atoms with Crippen LogP contribution in [0.3, 0.4) is 0 Å². The molecule has 2 amide bonds. The van der Waals surface area contributed by atoms with Gasteiger partial charge in [-0.3, -0.25) is 9.59 Å². The molecule has 1 fully saturated rings. The standard InChI is InChI=1S/C23H33N5O2/c1-19-6-5-13-27(17-19)12-3-2-10-25-23(30)20-7-4-8-21(16-20)26-22(29)9-14-28-15-11-24-18-28/h4,7-8,11,15-16,18-19H,2-3,5-6,9-10,12-14,17H2,1H3,(H,25,30)(H,26,29). The number of nitrogens with one attached hydrogen (secondary N) is 2. The van der Waals surface area contributed by atoms with Crippen LogP contribution in [0.4, 0.5) is 5.69 Å². The molecule has 1 aromatic heterocycles. The molecule has 0 spiro atoms. The Morgan fingerprint density at radius 2 is 2.13 bits per heavy atom. The minimum absolute atomic E-state index is 0.0895. The number of carbonyl (C=O) groups is 2. The van der Waals surface area contributed by atoms with Crippen molar-refractivity contribution in [3.8, 4) is 0 Å². The van der Waals surface area contributed by atoms with E-state index < -0.39 is 0 Å². The monoisotopic (exact) mass is 411 g/mol. The number of piperidine rings is 1. The van der Waals surface area contributed by atoms with Crippen LogP contribution < -0.4 is 10.6 Å². The number of likely N-dealkylation sites (tertiary alicyclic amines) is 1. The number of rotatable bonds is 10. The highest BCUT2D eigenvalue weighted by Crippen LogP contribution is 2.15. The van der Waals surface area contributed by atoms with E-state index in [1.807, 2.05) is 10.8 Å². The second kappa shape index (κ2) is 11.5. The molecule has 3 rings (SSSR count). The summed E-state index contributed by atoms with van der Waals surface area (Å²) in [6.45, 7) is 7.08. The van der Waals surface area contributed by atoms with Gasteiger partial charge >= 0.3 is 0 Å². The smallest absolute Gasteiger partial charge is 0.251 e. The van der Waals surface area contributed by atoms with Gasteiger partial charge in [0.1, 0.15) is 0 Å². The first kappa shape index (κ1) is 22.0. The number of benzene rings is 1. The Bertz CT molecular complexity index is 806. The summed E-state index contributed by atoms with van der Waals surface area (Å²) < 4.78 is 1.86. The van der Waals surface area contributed by atoms with Crippen LogP contribution in [-0.4, -0.2) is 52.4 Å². The van der Waals surface area contributed by atoms with Crippen LogP contribution in [0.15, 0.2) is 43.0 Å². The van der Waals surface area contributed by atoms with E-state index in [2.05, 4.69) is 27.4 Å². The Hall–Kier alpha value is -2.67. The molecule has 162 valence electrons. The van der Waals surface area contributed by atoms with Crippen LogP contribution in [0.2, 0.25) is 0 Å². The first-order chi connectivity index (χ1) is 14.6. The van der Waals surface area contributed by atoms with Gasteiger partial charge in [0.2, 0.25) is 5.91 Å². The maximum Gasteiger partial charge on any atom is 0.251 e. The molecule has 0 bridgehead atoms. The van der Waals surface area contributed by atoms with E-state index in [4.69, 9.17) is 0 Å². The number of anilines is 1. The highest BCUT2D eigenvalue weighted by Gasteiger charge is 2.15. The van der Waals surface area contributed by atoms with Crippen molar-refractivity contribution in [2.24, 2.45) is 5.92 Å². The topological polar surface area (TPSA) is 79.3 Å². The summed E-state index contributed by atoms with van der Waals surface area (Å²) in [6, 6.07) is 7.08. The third-order valence-corrected chi connectivity index (χ3v) is 5.49. The lowest BCUT2D eigenvalue weighted by atomic mass is 10.0. The number of amides is 2. The SMILES string of the molecule is CC1CCCN(CCCCNC(=O)c2cccc(NC(=O)CCn3ccnc3)c2)C1. The molecule has 1 atom stereocenters.